The summed E-state index contributed by atoms with van der Waals surface area (Å²) in [4.78, 5) is 14.9. The molecule has 4 rings (SSSR count). The van der Waals surface area contributed by atoms with Crippen molar-refractivity contribution >= 4 is 27.5 Å². The highest BCUT2D eigenvalue weighted by Crippen LogP contribution is 2.30. The molecule has 1 fully saturated rings. The zero-order chi connectivity index (χ0) is 26.8. The molecule has 13 heteroatoms. The van der Waals surface area contributed by atoms with Crippen molar-refractivity contribution in [3.8, 4) is 11.4 Å². The summed E-state index contributed by atoms with van der Waals surface area (Å²) in [5.74, 6) is -0.00725. The van der Waals surface area contributed by atoms with Gasteiger partial charge in [-0.05, 0) is 61.4 Å². The standard InChI is InChI=1S/C24H24F3N5O4S/c1-36-19-11-9-18(10-12-19)32-20(15-21(29-32)24(25,26)27)23(33)28-17-7-5-16(6-8-17)22(30-37(2,34)35)31-13-3-4-14-31/h5-12,15H,3-4,13-14H2,1-2H3,(H,28,33)/b30-22-. The number of methoxy groups -OCH3 is 1. The van der Waals surface area contributed by atoms with Crippen LogP contribution in [0.3, 0.4) is 0 Å². The van der Waals surface area contributed by atoms with E-state index in [1.54, 1.807) is 24.3 Å². The third-order valence-corrected chi connectivity index (χ3v) is 6.11. The van der Waals surface area contributed by atoms with E-state index in [1.165, 1.54) is 31.4 Å². The maximum atomic E-state index is 13.4. The van der Waals surface area contributed by atoms with Crippen LogP contribution in [0.2, 0.25) is 0 Å². The van der Waals surface area contributed by atoms with Gasteiger partial charge >= 0.3 is 6.18 Å². The molecule has 0 spiro atoms. The van der Waals surface area contributed by atoms with Gasteiger partial charge in [-0.1, -0.05) is 0 Å². The first kappa shape index (κ1) is 26.2. The Bertz CT molecular complexity index is 1410. The van der Waals surface area contributed by atoms with Crippen molar-refractivity contribution in [3.05, 3.63) is 71.5 Å². The number of halogens is 3. The second-order valence-corrected chi connectivity index (χ2v) is 10.0. The number of amidine groups is 1. The first-order valence-corrected chi connectivity index (χ1v) is 13.1. The van der Waals surface area contributed by atoms with Gasteiger partial charge in [0.25, 0.3) is 15.9 Å². The highest BCUT2D eigenvalue weighted by atomic mass is 32.2. The van der Waals surface area contributed by atoms with Crippen molar-refractivity contribution in [2.75, 3.05) is 31.8 Å². The zero-order valence-corrected chi connectivity index (χ0v) is 20.8. The number of nitrogens with zero attached hydrogens (tertiary/aromatic N) is 4. The Balaban J connectivity index is 1.62. The summed E-state index contributed by atoms with van der Waals surface area (Å²) in [6, 6.07) is 13.0. The molecule has 0 aliphatic carbocycles. The van der Waals surface area contributed by atoms with E-state index in [9.17, 15) is 26.4 Å². The molecule has 1 saturated heterocycles. The number of rotatable bonds is 6. The predicted octanol–water partition coefficient (Wildman–Crippen LogP) is 3.95. The van der Waals surface area contributed by atoms with Crippen LogP contribution in [-0.2, 0) is 16.2 Å². The van der Waals surface area contributed by atoms with E-state index in [-0.39, 0.29) is 11.4 Å². The van der Waals surface area contributed by atoms with E-state index in [0.29, 0.717) is 42.0 Å². The number of sulfonamides is 1. The van der Waals surface area contributed by atoms with Gasteiger partial charge in [0.15, 0.2) is 5.69 Å². The lowest BCUT2D eigenvalue weighted by Gasteiger charge is -2.20. The molecule has 0 bridgehead atoms. The SMILES string of the molecule is COc1ccc(-n2nc(C(F)(F)F)cc2C(=O)Nc2ccc(/C(=N/S(C)(=O)=O)N3CCCC3)cc2)cc1. The van der Waals surface area contributed by atoms with Gasteiger partial charge in [0.05, 0.1) is 19.1 Å². The van der Waals surface area contributed by atoms with Gasteiger partial charge in [-0.2, -0.15) is 18.3 Å². The molecule has 1 N–H and O–H groups in total. The molecule has 3 aromatic rings. The number of aromatic nitrogens is 2. The van der Waals surface area contributed by atoms with Gasteiger partial charge in [-0.15, -0.1) is 4.40 Å². The van der Waals surface area contributed by atoms with Gasteiger partial charge in [0, 0.05) is 30.4 Å². The Labute approximate surface area is 211 Å². The Morgan fingerprint density at radius 1 is 1.05 bits per heavy atom. The monoisotopic (exact) mass is 535 g/mol. The number of anilines is 1. The lowest BCUT2D eigenvalue weighted by atomic mass is 10.1. The van der Waals surface area contributed by atoms with Gasteiger partial charge in [0.1, 0.15) is 17.3 Å². The lowest BCUT2D eigenvalue weighted by molar-refractivity contribution is -0.141. The van der Waals surface area contributed by atoms with Crippen LogP contribution in [0.4, 0.5) is 18.9 Å². The molecule has 0 saturated carbocycles. The van der Waals surface area contributed by atoms with E-state index in [2.05, 4.69) is 14.8 Å². The van der Waals surface area contributed by atoms with E-state index in [0.717, 1.165) is 23.8 Å². The number of amides is 1. The Morgan fingerprint density at radius 3 is 2.22 bits per heavy atom. The second-order valence-electron chi connectivity index (χ2n) is 8.40. The summed E-state index contributed by atoms with van der Waals surface area (Å²) >= 11 is 0. The van der Waals surface area contributed by atoms with E-state index >= 15 is 0 Å². The van der Waals surface area contributed by atoms with Crippen molar-refractivity contribution in [2.24, 2.45) is 4.40 Å². The molecule has 196 valence electrons. The maximum absolute atomic E-state index is 13.4. The van der Waals surface area contributed by atoms with E-state index < -0.39 is 27.8 Å². The largest absolute Gasteiger partial charge is 0.497 e. The summed E-state index contributed by atoms with van der Waals surface area (Å²) in [6.07, 6.45) is -1.91. The van der Waals surface area contributed by atoms with Crippen LogP contribution in [0.1, 0.15) is 34.6 Å². The number of likely N-dealkylation sites (tertiary alicyclic amines) is 1. The minimum absolute atomic E-state index is 0.240. The average Bonchev–Trinajstić information content (AvgIpc) is 3.53. The summed E-state index contributed by atoms with van der Waals surface area (Å²) in [5, 5.41) is 6.17. The number of carbonyl (C=O) groups excluding carboxylic acids is 1. The maximum Gasteiger partial charge on any atom is 0.435 e. The molecule has 1 aliphatic heterocycles. The van der Waals surface area contributed by atoms with Crippen LogP contribution in [0.5, 0.6) is 5.75 Å². The number of ether oxygens (including phenoxy) is 1. The van der Waals surface area contributed by atoms with Gasteiger partial charge < -0.3 is 15.0 Å². The predicted molar refractivity (Wildman–Crippen MR) is 132 cm³/mol. The first-order chi connectivity index (χ1) is 17.4. The molecule has 2 heterocycles. The molecular weight excluding hydrogens is 511 g/mol. The topological polar surface area (TPSA) is 106 Å². The molecule has 1 aromatic heterocycles. The van der Waals surface area contributed by atoms with Crippen LogP contribution in [0.25, 0.3) is 5.69 Å². The minimum atomic E-state index is -4.75. The van der Waals surface area contributed by atoms with Crippen LogP contribution in [-0.4, -0.2) is 61.3 Å². The third-order valence-electron chi connectivity index (χ3n) is 5.61. The van der Waals surface area contributed by atoms with Crippen LogP contribution >= 0.6 is 0 Å². The highest BCUT2D eigenvalue weighted by Gasteiger charge is 2.36. The summed E-state index contributed by atoms with van der Waals surface area (Å²) < 4.78 is 73.7. The van der Waals surface area contributed by atoms with Crippen molar-refractivity contribution in [2.45, 2.75) is 19.0 Å². The third kappa shape index (κ3) is 6.28. The van der Waals surface area contributed by atoms with Crippen LogP contribution in [0.15, 0.2) is 59.0 Å². The van der Waals surface area contributed by atoms with Crippen molar-refractivity contribution in [3.63, 3.8) is 0 Å². The summed E-state index contributed by atoms with van der Waals surface area (Å²) in [7, 11) is -2.20. The molecule has 0 atom stereocenters. The fourth-order valence-electron chi connectivity index (χ4n) is 3.88. The van der Waals surface area contributed by atoms with Gasteiger partial charge in [-0.25, -0.2) is 13.1 Å². The number of alkyl halides is 3. The second kappa shape index (κ2) is 10.2. The Morgan fingerprint density at radius 2 is 1.68 bits per heavy atom. The summed E-state index contributed by atoms with van der Waals surface area (Å²) in [5.41, 5.74) is -0.462. The molecule has 0 radical (unpaired) electrons. The molecule has 2 aromatic carbocycles. The molecular formula is C24H24F3N5O4S. The van der Waals surface area contributed by atoms with Crippen molar-refractivity contribution < 1.29 is 31.1 Å². The number of hydrogen-bond donors (Lipinski definition) is 1. The number of hydrogen-bond acceptors (Lipinski definition) is 5. The number of benzene rings is 2. The smallest absolute Gasteiger partial charge is 0.435 e. The minimum Gasteiger partial charge on any atom is -0.497 e. The fourth-order valence-corrected chi connectivity index (χ4v) is 4.41. The normalized spacial score (nSPS) is 14.6. The lowest BCUT2D eigenvalue weighted by Crippen LogP contribution is -2.29. The number of nitrogens with one attached hydrogen (secondary N) is 1. The molecule has 1 amide bonds. The van der Waals surface area contributed by atoms with E-state index in [1.807, 2.05) is 4.90 Å². The molecule has 9 nitrogen and oxygen atoms in total. The Kier molecular flexibility index (Phi) is 7.25. The zero-order valence-electron chi connectivity index (χ0n) is 20.0. The van der Waals surface area contributed by atoms with Gasteiger partial charge in [0.2, 0.25) is 0 Å². The first-order valence-electron chi connectivity index (χ1n) is 11.2. The molecule has 0 unspecified atom stereocenters. The van der Waals surface area contributed by atoms with Gasteiger partial charge in [-0.3, -0.25) is 4.79 Å². The quantitative estimate of drug-likeness (QED) is 0.379. The fraction of sp³-hybridized carbons (Fsp3) is 0.292. The van der Waals surface area contributed by atoms with Crippen LogP contribution < -0.4 is 10.1 Å². The average molecular weight is 536 g/mol. The van der Waals surface area contributed by atoms with E-state index in [4.69, 9.17) is 4.74 Å². The molecule has 37 heavy (non-hydrogen) atoms. The van der Waals surface area contributed by atoms with Crippen molar-refractivity contribution in [1.29, 1.82) is 0 Å². The van der Waals surface area contributed by atoms with Crippen LogP contribution in [0, 0.1) is 0 Å². The molecule has 1 aliphatic rings. The van der Waals surface area contributed by atoms with Crippen molar-refractivity contribution in [1.82, 2.24) is 14.7 Å². The summed E-state index contributed by atoms with van der Waals surface area (Å²) in [6.45, 7) is 1.34. The number of carbonyl (C=O) groups is 1. The highest BCUT2D eigenvalue weighted by molar-refractivity contribution is 7.89. The Hall–Kier alpha value is -3.87.